The van der Waals surface area contributed by atoms with Gasteiger partial charge in [-0.05, 0) is 39.2 Å². The Morgan fingerprint density at radius 3 is 2.51 bits per heavy atom. The summed E-state index contributed by atoms with van der Waals surface area (Å²) >= 11 is 0. The van der Waals surface area contributed by atoms with Gasteiger partial charge in [0.25, 0.3) is 11.5 Å². The van der Waals surface area contributed by atoms with Gasteiger partial charge in [-0.25, -0.2) is 14.8 Å². The molecule has 0 spiro atoms. The number of hydrogen-bond donors (Lipinski definition) is 1. The number of fused-ring (bicyclic) bond motifs is 2. The molecular formula is C28H34N8O3. The first-order chi connectivity index (χ1) is 18.8. The molecule has 6 rings (SSSR count). The SMILES string of the molecule is CCn1c(N2CCC[C@@H](N)C2)c(C(=O)N2CCC2)c2c1c(=O)n(Cc1nc(C)c3ccccc3n1)c(=O)n2C. The van der Waals surface area contributed by atoms with Crippen LogP contribution in [0.1, 0.15) is 48.1 Å². The minimum Gasteiger partial charge on any atom is -0.356 e. The van der Waals surface area contributed by atoms with Gasteiger partial charge in [0.15, 0.2) is 0 Å². The first kappa shape index (κ1) is 25.3. The van der Waals surface area contributed by atoms with E-state index >= 15 is 0 Å². The maximum Gasteiger partial charge on any atom is 0.331 e. The molecule has 204 valence electrons. The summed E-state index contributed by atoms with van der Waals surface area (Å²) in [5, 5.41) is 0.926. The quantitative estimate of drug-likeness (QED) is 0.416. The van der Waals surface area contributed by atoms with Gasteiger partial charge in [-0.15, -0.1) is 0 Å². The highest BCUT2D eigenvalue weighted by atomic mass is 16.2. The standard InChI is InChI=1S/C28H34N8O3/c1-4-35-24-23(22(26(37)33-13-8-14-33)25(35)34-12-7-9-18(29)15-34)32(3)28(39)36(27(24)38)16-21-30-17(2)19-10-5-6-11-20(19)31-21/h5-6,10-11,18H,4,7-9,12-16,29H2,1-3H3/t18-/m1/s1. The molecule has 2 N–H and O–H groups in total. The molecule has 2 fully saturated rings. The lowest BCUT2D eigenvalue weighted by molar-refractivity contribution is 0.0653. The summed E-state index contributed by atoms with van der Waals surface area (Å²) in [5.74, 6) is 0.925. The van der Waals surface area contributed by atoms with Crippen molar-refractivity contribution in [1.29, 1.82) is 0 Å². The fraction of sp³-hybridized carbons (Fsp3) is 0.464. The highest BCUT2D eigenvalue weighted by Crippen LogP contribution is 2.34. The van der Waals surface area contributed by atoms with Crippen LogP contribution in [0, 0.1) is 6.92 Å². The number of rotatable bonds is 5. The zero-order valence-corrected chi connectivity index (χ0v) is 22.7. The number of anilines is 1. The van der Waals surface area contributed by atoms with Crippen molar-refractivity contribution in [3.05, 3.63) is 62.2 Å². The molecule has 11 heteroatoms. The van der Waals surface area contributed by atoms with Crippen molar-refractivity contribution in [1.82, 2.24) is 28.6 Å². The van der Waals surface area contributed by atoms with E-state index in [1.54, 1.807) is 11.9 Å². The molecule has 0 bridgehead atoms. The van der Waals surface area contributed by atoms with E-state index in [1.807, 2.05) is 42.7 Å². The number of aryl methyl sites for hydroxylation is 3. The second kappa shape index (κ2) is 9.64. The van der Waals surface area contributed by atoms with Crippen LogP contribution in [0.15, 0.2) is 33.9 Å². The Labute approximate surface area is 225 Å². The number of amides is 1. The molecule has 2 saturated heterocycles. The van der Waals surface area contributed by atoms with Gasteiger partial charge in [-0.3, -0.25) is 18.7 Å². The molecule has 0 aliphatic carbocycles. The number of para-hydroxylation sites is 1. The number of carbonyl (C=O) groups is 1. The number of nitrogens with two attached hydrogens (primary N) is 1. The van der Waals surface area contributed by atoms with Gasteiger partial charge >= 0.3 is 5.69 Å². The van der Waals surface area contributed by atoms with Crippen LogP contribution in [-0.4, -0.2) is 66.7 Å². The molecule has 2 aliphatic rings. The van der Waals surface area contributed by atoms with Gasteiger partial charge in [0.1, 0.15) is 22.7 Å². The van der Waals surface area contributed by atoms with Gasteiger partial charge in [0.2, 0.25) is 0 Å². The molecular weight excluding hydrogens is 496 g/mol. The molecule has 2 aliphatic heterocycles. The third-order valence-corrected chi connectivity index (χ3v) is 8.08. The van der Waals surface area contributed by atoms with E-state index in [1.165, 1.54) is 9.13 Å². The van der Waals surface area contributed by atoms with E-state index in [9.17, 15) is 14.4 Å². The van der Waals surface area contributed by atoms with E-state index in [0.29, 0.717) is 54.4 Å². The number of nitrogens with zero attached hydrogens (tertiary/aromatic N) is 7. The van der Waals surface area contributed by atoms with Crippen molar-refractivity contribution < 1.29 is 4.79 Å². The van der Waals surface area contributed by atoms with Crippen molar-refractivity contribution in [2.24, 2.45) is 12.8 Å². The van der Waals surface area contributed by atoms with E-state index in [0.717, 1.165) is 42.4 Å². The monoisotopic (exact) mass is 530 g/mol. The lowest BCUT2D eigenvalue weighted by atomic mass is 10.1. The molecule has 5 heterocycles. The predicted molar refractivity (Wildman–Crippen MR) is 150 cm³/mol. The van der Waals surface area contributed by atoms with Crippen molar-refractivity contribution in [3.8, 4) is 0 Å². The van der Waals surface area contributed by atoms with Crippen molar-refractivity contribution in [3.63, 3.8) is 0 Å². The third kappa shape index (κ3) is 4.03. The van der Waals surface area contributed by atoms with Crippen LogP contribution >= 0.6 is 0 Å². The Morgan fingerprint density at radius 2 is 1.82 bits per heavy atom. The fourth-order valence-electron chi connectivity index (χ4n) is 5.99. The third-order valence-electron chi connectivity index (χ3n) is 8.08. The Morgan fingerprint density at radius 1 is 1.05 bits per heavy atom. The molecule has 1 atom stereocenters. The zero-order chi connectivity index (χ0) is 27.4. The van der Waals surface area contributed by atoms with E-state index in [2.05, 4.69) is 14.9 Å². The van der Waals surface area contributed by atoms with Gasteiger partial charge in [0.05, 0.1) is 17.6 Å². The lowest BCUT2D eigenvalue weighted by Crippen LogP contribution is -2.46. The van der Waals surface area contributed by atoms with Crippen molar-refractivity contribution in [2.75, 3.05) is 31.1 Å². The topological polar surface area (TPSA) is 124 Å². The average Bonchev–Trinajstić information content (AvgIpc) is 3.24. The number of aromatic nitrogens is 5. The molecule has 39 heavy (non-hydrogen) atoms. The van der Waals surface area contributed by atoms with Crippen LogP contribution in [0.25, 0.3) is 21.9 Å². The zero-order valence-electron chi connectivity index (χ0n) is 22.7. The molecule has 11 nitrogen and oxygen atoms in total. The molecule has 1 aromatic carbocycles. The Balaban J connectivity index is 1.59. The van der Waals surface area contributed by atoms with Crippen molar-refractivity contribution >= 4 is 33.7 Å². The first-order valence-electron chi connectivity index (χ1n) is 13.7. The first-order valence-corrected chi connectivity index (χ1v) is 13.7. The summed E-state index contributed by atoms with van der Waals surface area (Å²) in [5.41, 5.74) is 8.06. The predicted octanol–water partition coefficient (Wildman–Crippen LogP) is 1.59. The second-order valence-corrected chi connectivity index (χ2v) is 10.6. The summed E-state index contributed by atoms with van der Waals surface area (Å²) < 4.78 is 4.52. The van der Waals surface area contributed by atoms with Gasteiger partial charge in [-0.1, -0.05) is 18.2 Å². The van der Waals surface area contributed by atoms with Crippen LogP contribution < -0.4 is 21.9 Å². The number of likely N-dealkylation sites (tertiary alicyclic amines) is 1. The highest BCUT2D eigenvalue weighted by molar-refractivity contribution is 6.11. The largest absolute Gasteiger partial charge is 0.356 e. The Bertz CT molecular complexity index is 1730. The van der Waals surface area contributed by atoms with E-state index in [4.69, 9.17) is 5.73 Å². The van der Waals surface area contributed by atoms with Gasteiger partial charge < -0.3 is 20.1 Å². The number of benzene rings is 1. The van der Waals surface area contributed by atoms with Crippen molar-refractivity contribution in [2.45, 2.75) is 52.2 Å². The van der Waals surface area contributed by atoms with Crippen LogP contribution in [0.3, 0.4) is 0 Å². The average molecular weight is 531 g/mol. The molecule has 0 radical (unpaired) electrons. The molecule has 3 aromatic heterocycles. The summed E-state index contributed by atoms with van der Waals surface area (Å²) in [6, 6.07) is 7.64. The van der Waals surface area contributed by atoms with E-state index in [-0.39, 0.29) is 18.5 Å². The number of carbonyl (C=O) groups excluding carboxylic acids is 1. The minimum atomic E-state index is -0.505. The van der Waals surface area contributed by atoms with Crippen LogP contribution in [-0.2, 0) is 20.1 Å². The van der Waals surface area contributed by atoms with E-state index < -0.39 is 11.2 Å². The number of piperidine rings is 1. The summed E-state index contributed by atoms with van der Waals surface area (Å²) in [7, 11) is 1.63. The van der Waals surface area contributed by atoms with Crippen LogP contribution in [0.5, 0.6) is 0 Å². The smallest absolute Gasteiger partial charge is 0.331 e. The molecule has 0 unspecified atom stereocenters. The minimum absolute atomic E-state index is 0.0252. The van der Waals surface area contributed by atoms with Crippen LogP contribution in [0.2, 0.25) is 0 Å². The van der Waals surface area contributed by atoms with Gasteiger partial charge in [0, 0.05) is 56.9 Å². The summed E-state index contributed by atoms with van der Waals surface area (Å²) in [4.78, 5) is 54.8. The lowest BCUT2D eigenvalue weighted by Gasteiger charge is -2.35. The summed E-state index contributed by atoms with van der Waals surface area (Å²) in [6.07, 6.45) is 2.75. The maximum atomic E-state index is 14.1. The highest BCUT2D eigenvalue weighted by Gasteiger charge is 2.35. The Kier molecular flexibility index (Phi) is 6.25. The molecule has 4 aromatic rings. The maximum absolute atomic E-state index is 14.1. The second-order valence-electron chi connectivity index (χ2n) is 10.6. The fourth-order valence-corrected chi connectivity index (χ4v) is 5.99. The Hall–Kier alpha value is -3.99. The normalized spacial score (nSPS) is 17.7. The number of hydrogen-bond acceptors (Lipinski definition) is 7. The van der Waals surface area contributed by atoms with Crippen LogP contribution in [0.4, 0.5) is 5.82 Å². The molecule has 0 saturated carbocycles. The van der Waals surface area contributed by atoms with Gasteiger partial charge in [-0.2, -0.15) is 0 Å². The summed E-state index contributed by atoms with van der Waals surface area (Å²) in [6.45, 7) is 6.89. The molecule has 1 amide bonds.